The molecule has 0 spiro atoms. The van der Waals surface area contributed by atoms with Gasteiger partial charge >= 0.3 is 5.97 Å². The third-order valence-corrected chi connectivity index (χ3v) is 3.61. The largest absolute Gasteiger partial charge is 0.493 e. The molecule has 0 aliphatic rings. The van der Waals surface area contributed by atoms with Crippen LogP contribution >= 0.6 is 0 Å². The number of carboxylic acid groups (broad SMARTS) is 1. The van der Waals surface area contributed by atoms with Crippen molar-refractivity contribution in [1.82, 2.24) is 0 Å². The maximum absolute atomic E-state index is 10.8. The van der Waals surface area contributed by atoms with Crippen molar-refractivity contribution in [3.63, 3.8) is 0 Å². The van der Waals surface area contributed by atoms with Gasteiger partial charge in [0.25, 0.3) is 0 Å². The number of furan rings is 1. The van der Waals surface area contributed by atoms with Crippen LogP contribution in [0.25, 0.3) is 0 Å². The summed E-state index contributed by atoms with van der Waals surface area (Å²) in [6.45, 7) is 0.0899. The van der Waals surface area contributed by atoms with Crippen molar-refractivity contribution >= 4 is 17.9 Å². The molecule has 0 atom stereocenters. The number of methoxy groups -OCH3 is 1. The zero-order valence-electron chi connectivity index (χ0n) is 14.6. The summed E-state index contributed by atoms with van der Waals surface area (Å²) in [5.74, 6) is 0.208. The number of nitrogens with zero attached hydrogens (tertiary/aromatic N) is 1. The van der Waals surface area contributed by atoms with E-state index in [1.165, 1.54) is 6.07 Å². The molecule has 0 aliphatic carbocycles. The first-order valence-corrected chi connectivity index (χ1v) is 8.12. The number of hydrogen-bond donors (Lipinski definition) is 2. The first-order valence-electron chi connectivity index (χ1n) is 8.12. The Kier molecular flexibility index (Phi) is 5.73. The number of anilines is 1. The summed E-state index contributed by atoms with van der Waals surface area (Å²) in [6, 6.07) is 17.9. The van der Waals surface area contributed by atoms with Gasteiger partial charge in [-0.25, -0.2) is 4.79 Å². The minimum absolute atomic E-state index is 0.0899. The van der Waals surface area contributed by atoms with Crippen LogP contribution in [0.3, 0.4) is 0 Å². The lowest BCUT2D eigenvalue weighted by Gasteiger charge is -2.10. The van der Waals surface area contributed by atoms with Crippen molar-refractivity contribution in [2.75, 3.05) is 12.5 Å². The molecule has 2 N–H and O–H groups in total. The molecule has 2 aromatic carbocycles. The molecule has 0 fully saturated rings. The van der Waals surface area contributed by atoms with Crippen molar-refractivity contribution < 1.29 is 23.8 Å². The van der Waals surface area contributed by atoms with Crippen molar-refractivity contribution in [2.45, 2.75) is 6.61 Å². The Hall–Kier alpha value is -3.74. The molecule has 0 saturated heterocycles. The van der Waals surface area contributed by atoms with E-state index >= 15 is 0 Å². The lowest BCUT2D eigenvalue weighted by atomic mass is 10.2. The Morgan fingerprint density at radius 2 is 1.96 bits per heavy atom. The van der Waals surface area contributed by atoms with Crippen LogP contribution in [0.4, 0.5) is 5.69 Å². The fraction of sp³-hybridized carbons (Fsp3) is 0.100. The first-order chi connectivity index (χ1) is 13.2. The molecule has 0 saturated carbocycles. The number of carboxylic acids is 1. The number of hydrazone groups is 1. The van der Waals surface area contributed by atoms with Crippen LogP contribution in [0.15, 0.2) is 70.2 Å². The van der Waals surface area contributed by atoms with Crippen LogP contribution in [0.1, 0.15) is 21.9 Å². The minimum Gasteiger partial charge on any atom is -0.493 e. The van der Waals surface area contributed by atoms with Gasteiger partial charge in [-0.15, -0.1) is 0 Å². The summed E-state index contributed by atoms with van der Waals surface area (Å²) in [7, 11) is 1.54. The summed E-state index contributed by atoms with van der Waals surface area (Å²) in [4.78, 5) is 10.8. The van der Waals surface area contributed by atoms with Gasteiger partial charge in [0.15, 0.2) is 11.5 Å². The minimum atomic E-state index is -1.12. The van der Waals surface area contributed by atoms with Gasteiger partial charge in [0, 0.05) is 0 Å². The van der Waals surface area contributed by atoms with E-state index in [9.17, 15) is 4.79 Å². The highest BCUT2D eigenvalue weighted by atomic mass is 16.5. The lowest BCUT2D eigenvalue weighted by Crippen LogP contribution is -1.98. The van der Waals surface area contributed by atoms with Crippen LogP contribution < -0.4 is 14.9 Å². The van der Waals surface area contributed by atoms with Crippen molar-refractivity contribution in [3.8, 4) is 11.5 Å². The Morgan fingerprint density at radius 3 is 2.67 bits per heavy atom. The summed E-state index contributed by atoms with van der Waals surface area (Å²) in [6.07, 6.45) is 1.67. The number of aromatic carboxylic acids is 1. The molecular weight excluding hydrogens is 348 g/mol. The Labute approximate surface area is 155 Å². The lowest BCUT2D eigenvalue weighted by molar-refractivity contribution is 0.0658. The van der Waals surface area contributed by atoms with Crippen LogP contribution in [-0.4, -0.2) is 24.4 Å². The highest BCUT2D eigenvalue weighted by molar-refractivity contribution is 5.84. The Bertz CT molecular complexity index is 935. The van der Waals surface area contributed by atoms with Gasteiger partial charge in [-0.2, -0.15) is 5.10 Å². The van der Waals surface area contributed by atoms with Gasteiger partial charge < -0.3 is 19.0 Å². The highest BCUT2D eigenvalue weighted by Gasteiger charge is 2.11. The van der Waals surface area contributed by atoms with E-state index in [1.54, 1.807) is 31.5 Å². The highest BCUT2D eigenvalue weighted by Crippen LogP contribution is 2.28. The van der Waals surface area contributed by atoms with E-state index < -0.39 is 5.97 Å². The summed E-state index contributed by atoms with van der Waals surface area (Å²) in [5, 5.41) is 13.1. The molecule has 1 aromatic heterocycles. The molecule has 1 heterocycles. The van der Waals surface area contributed by atoms with Gasteiger partial charge in [0.1, 0.15) is 12.4 Å². The van der Waals surface area contributed by atoms with Gasteiger partial charge in [-0.05, 0) is 48.0 Å². The van der Waals surface area contributed by atoms with E-state index in [-0.39, 0.29) is 12.4 Å². The number of rotatable bonds is 8. The summed E-state index contributed by atoms with van der Waals surface area (Å²) in [5.41, 5.74) is 4.66. The van der Waals surface area contributed by atoms with Crippen molar-refractivity contribution in [3.05, 3.63) is 77.7 Å². The van der Waals surface area contributed by atoms with E-state index in [2.05, 4.69) is 10.5 Å². The van der Waals surface area contributed by atoms with Crippen molar-refractivity contribution in [1.29, 1.82) is 0 Å². The smallest absolute Gasteiger partial charge is 0.371 e. The standard InChI is InChI=1S/C20H18N2O5/c1-25-19-11-14(12-21-22-15-5-3-2-4-6-15)7-9-17(19)26-13-16-8-10-18(27-16)20(23)24/h2-12,22H,13H2,1H3,(H,23,24)/b21-12-. The molecule has 7 nitrogen and oxygen atoms in total. The maximum Gasteiger partial charge on any atom is 0.371 e. The molecule has 3 aromatic rings. The summed E-state index contributed by atoms with van der Waals surface area (Å²) < 4.78 is 16.2. The molecule has 27 heavy (non-hydrogen) atoms. The van der Waals surface area contributed by atoms with Crippen LogP contribution in [0.5, 0.6) is 11.5 Å². The number of para-hydroxylation sites is 1. The average molecular weight is 366 g/mol. The van der Waals surface area contributed by atoms with E-state index in [1.807, 2.05) is 36.4 Å². The summed E-state index contributed by atoms with van der Waals surface area (Å²) >= 11 is 0. The fourth-order valence-corrected chi connectivity index (χ4v) is 2.30. The molecule has 0 amide bonds. The van der Waals surface area contributed by atoms with Crippen LogP contribution in [0.2, 0.25) is 0 Å². The number of benzene rings is 2. The molecule has 7 heteroatoms. The zero-order chi connectivity index (χ0) is 19.1. The predicted octanol–water partition coefficient (Wildman–Crippen LogP) is 4.01. The van der Waals surface area contributed by atoms with Gasteiger partial charge in [-0.3, -0.25) is 5.43 Å². The van der Waals surface area contributed by atoms with Crippen LogP contribution in [0, 0.1) is 0 Å². The molecule has 0 radical (unpaired) electrons. The first kappa shape index (κ1) is 18.1. The predicted molar refractivity (Wildman–Crippen MR) is 101 cm³/mol. The molecule has 0 aliphatic heterocycles. The second-order valence-corrected chi connectivity index (χ2v) is 5.51. The normalized spacial score (nSPS) is 10.7. The van der Waals surface area contributed by atoms with E-state index in [0.29, 0.717) is 17.3 Å². The van der Waals surface area contributed by atoms with Gasteiger partial charge in [-0.1, -0.05) is 18.2 Å². The topological polar surface area (TPSA) is 93.3 Å². The van der Waals surface area contributed by atoms with Crippen LogP contribution in [-0.2, 0) is 6.61 Å². The zero-order valence-corrected chi connectivity index (χ0v) is 14.6. The quantitative estimate of drug-likeness (QED) is 0.462. The molecule has 0 unspecified atom stereocenters. The Balaban J connectivity index is 1.63. The second-order valence-electron chi connectivity index (χ2n) is 5.51. The number of carbonyl (C=O) groups is 1. The van der Waals surface area contributed by atoms with E-state index in [4.69, 9.17) is 19.0 Å². The fourth-order valence-electron chi connectivity index (χ4n) is 2.30. The molecule has 138 valence electrons. The molecular formula is C20H18N2O5. The molecule has 3 rings (SSSR count). The van der Waals surface area contributed by atoms with Gasteiger partial charge in [0.2, 0.25) is 5.76 Å². The van der Waals surface area contributed by atoms with Gasteiger partial charge in [0.05, 0.1) is 19.0 Å². The number of ether oxygens (including phenoxy) is 2. The third-order valence-electron chi connectivity index (χ3n) is 3.61. The van der Waals surface area contributed by atoms with Crippen molar-refractivity contribution in [2.24, 2.45) is 5.10 Å². The third kappa shape index (κ3) is 4.88. The number of hydrogen-bond acceptors (Lipinski definition) is 6. The molecule has 0 bridgehead atoms. The maximum atomic E-state index is 10.8. The van der Waals surface area contributed by atoms with E-state index in [0.717, 1.165) is 11.3 Å². The average Bonchev–Trinajstić information content (AvgIpc) is 3.17. The second kappa shape index (κ2) is 8.57. The monoisotopic (exact) mass is 366 g/mol. The number of nitrogens with one attached hydrogen (secondary N) is 1. The SMILES string of the molecule is COc1cc(/C=N\Nc2ccccc2)ccc1OCc1ccc(C(=O)O)o1. The Morgan fingerprint density at radius 1 is 1.15 bits per heavy atom.